The molecule has 0 spiro atoms. The van der Waals surface area contributed by atoms with Crippen LogP contribution >= 0.6 is 11.6 Å². The maximum Gasteiger partial charge on any atom is 0.239 e. The summed E-state index contributed by atoms with van der Waals surface area (Å²) in [6.07, 6.45) is 1.60. The van der Waals surface area contributed by atoms with Gasteiger partial charge in [-0.3, -0.25) is 4.79 Å². The van der Waals surface area contributed by atoms with Crippen LogP contribution in [0.15, 0.2) is 24.3 Å². The third kappa shape index (κ3) is 6.90. The highest BCUT2D eigenvalue weighted by atomic mass is 35.5. The quantitative estimate of drug-likeness (QED) is 0.732. The number of anilines is 1. The van der Waals surface area contributed by atoms with Gasteiger partial charge in [0.25, 0.3) is 0 Å². The number of benzene rings is 1. The molecule has 0 aliphatic carbocycles. The molecule has 1 aromatic carbocycles. The molecule has 0 bridgehead atoms. The fourth-order valence-electron chi connectivity index (χ4n) is 1.64. The van der Waals surface area contributed by atoms with Gasteiger partial charge in [0.15, 0.2) is 0 Å². The largest absolute Gasteiger partial charge is 0.385 e. The molecule has 0 aliphatic heterocycles. The number of amides is 1. The Labute approximate surface area is 130 Å². The molecule has 0 saturated carbocycles. The molecule has 0 heterocycles. The number of sulfonamides is 1. The molecule has 1 amide bonds. The summed E-state index contributed by atoms with van der Waals surface area (Å²) < 4.78 is 29.3. The van der Waals surface area contributed by atoms with Crippen LogP contribution in [0.4, 0.5) is 5.69 Å². The molecule has 21 heavy (non-hydrogen) atoms. The van der Waals surface area contributed by atoms with Crippen molar-refractivity contribution in [1.29, 1.82) is 0 Å². The van der Waals surface area contributed by atoms with Crippen molar-refractivity contribution < 1.29 is 17.9 Å². The van der Waals surface area contributed by atoms with Gasteiger partial charge in [-0.2, -0.15) is 4.31 Å². The lowest BCUT2D eigenvalue weighted by Gasteiger charge is -2.19. The lowest BCUT2D eigenvalue weighted by Crippen LogP contribution is -2.38. The van der Waals surface area contributed by atoms with Crippen molar-refractivity contribution in [3.05, 3.63) is 29.3 Å². The number of hydrogen-bond donors (Lipinski definition) is 1. The van der Waals surface area contributed by atoms with E-state index in [2.05, 4.69) is 5.32 Å². The highest BCUT2D eigenvalue weighted by molar-refractivity contribution is 7.88. The van der Waals surface area contributed by atoms with Gasteiger partial charge in [-0.1, -0.05) is 11.6 Å². The van der Waals surface area contributed by atoms with E-state index in [-0.39, 0.29) is 13.1 Å². The fourth-order valence-corrected chi connectivity index (χ4v) is 2.58. The first-order valence-corrected chi connectivity index (χ1v) is 8.55. The van der Waals surface area contributed by atoms with Crippen molar-refractivity contribution in [2.75, 3.05) is 38.4 Å². The predicted molar refractivity (Wildman–Crippen MR) is 83.0 cm³/mol. The van der Waals surface area contributed by atoms with Crippen LogP contribution in [0.2, 0.25) is 5.02 Å². The van der Waals surface area contributed by atoms with Gasteiger partial charge in [0.2, 0.25) is 15.9 Å². The highest BCUT2D eigenvalue weighted by Gasteiger charge is 2.19. The van der Waals surface area contributed by atoms with Gasteiger partial charge < -0.3 is 10.1 Å². The average Bonchev–Trinajstić information content (AvgIpc) is 2.39. The number of nitrogens with one attached hydrogen (secondary N) is 1. The van der Waals surface area contributed by atoms with Crippen LogP contribution in [0, 0.1) is 0 Å². The van der Waals surface area contributed by atoms with Crippen LogP contribution in [0.25, 0.3) is 0 Å². The van der Waals surface area contributed by atoms with Crippen molar-refractivity contribution in [3.8, 4) is 0 Å². The molecule has 0 fully saturated rings. The molecule has 118 valence electrons. The Kier molecular flexibility index (Phi) is 7.10. The second kappa shape index (κ2) is 8.33. The third-order valence-corrected chi connectivity index (χ3v) is 4.17. The first-order valence-electron chi connectivity index (χ1n) is 6.32. The number of nitrogens with zero attached hydrogens (tertiary/aromatic N) is 1. The Balaban J connectivity index is 2.61. The first kappa shape index (κ1) is 17.9. The zero-order valence-electron chi connectivity index (χ0n) is 12.0. The maximum absolute atomic E-state index is 11.9. The summed E-state index contributed by atoms with van der Waals surface area (Å²) in [6, 6.07) is 6.58. The fraction of sp³-hybridized carbons (Fsp3) is 0.462. The van der Waals surface area contributed by atoms with E-state index in [0.717, 1.165) is 10.6 Å². The van der Waals surface area contributed by atoms with Crippen LogP contribution in [0.5, 0.6) is 0 Å². The monoisotopic (exact) mass is 334 g/mol. The Morgan fingerprint density at radius 2 is 1.95 bits per heavy atom. The minimum absolute atomic E-state index is 0.231. The summed E-state index contributed by atoms with van der Waals surface area (Å²) in [6.45, 7) is 0.441. The van der Waals surface area contributed by atoms with Crippen LogP contribution in [0.3, 0.4) is 0 Å². The number of hydrogen-bond acceptors (Lipinski definition) is 4. The Morgan fingerprint density at radius 3 is 2.48 bits per heavy atom. The molecular formula is C13H19ClN2O4S. The summed E-state index contributed by atoms with van der Waals surface area (Å²) in [5, 5.41) is 3.19. The second-order valence-electron chi connectivity index (χ2n) is 4.50. The van der Waals surface area contributed by atoms with E-state index in [9.17, 15) is 13.2 Å². The van der Waals surface area contributed by atoms with E-state index in [1.807, 2.05) is 0 Å². The van der Waals surface area contributed by atoms with Crippen molar-refractivity contribution in [2.45, 2.75) is 6.42 Å². The average molecular weight is 335 g/mol. The normalized spacial score (nSPS) is 11.6. The van der Waals surface area contributed by atoms with E-state index in [1.54, 1.807) is 24.3 Å². The molecule has 0 aromatic heterocycles. The summed E-state index contributed by atoms with van der Waals surface area (Å²) in [4.78, 5) is 11.9. The van der Waals surface area contributed by atoms with E-state index in [1.165, 1.54) is 7.11 Å². The molecule has 1 N–H and O–H groups in total. The number of rotatable bonds is 8. The molecule has 1 rings (SSSR count). The second-order valence-corrected chi connectivity index (χ2v) is 6.92. The molecule has 0 saturated heterocycles. The molecule has 8 heteroatoms. The van der Waals surface area contributed by atoms with Gasteiger partial charge in [-0.15, -0.1) is 0 Å². The topological polar surface area (TPSA) is 75.7 Å². The van der Waals surface area contributed by atoms with Gasteiger partial charge >= 0.3 is 0 Å². The maximum atomic E-state index is 11.9. The van der Waals surface area contributed by atoms with Crippen LogP contribution in [-0.4, -0.2) is 51.7 Å². The Hall–Kier alpha value is -1.15. The molecular weight excluding hydrogens is 316 g/mol. The molecule has 0 atom stereocenters. The number of ether oxygens (including phenoxy) is 1. The molecule has 6 nitrogen and oxygen atoms in total. The molecule has 1 aromatic rings. The third-order valence-electron chi connectivity index (χ3n) is 2.67. The summed E-state index contributed by atoms with van der Waals surface area (Å²) in [7, 11) is -1.90. The Morgan fingerprint density at radius 1 is 1.33 bits per heavy atom. The molecule has 0 aliphatic rings. The van der Waals surface area contributed by atoms with Gasteiger partial charge in [-0.25, -0.2) is 8.42 Å². The minimum atomic E-state index is -3.44. The van der Waals surface area contributed by atoms with Gasteiger partial charge in [-0.05, 0) is 30.7 Å². The predicted octanol–water partition coefficient (Wildman–Crippen LogP) is 1.58. The zero-order valence-corrected chi connectivity index (χ0v) is 13.6. The van der Waals surface area contributed by atoms with Crippen LogP contribution < -0.4 is 5.32 Å². The van der Waals surface area contributed by atoms with Crippen molar-refractivity contribution in [1.82, 2.24) is 4.31 Å². The van der Waals surface area contributed by atoms with Crippen molar-refractivity contribution in [3.63, 3.8) is 0 Å². The Bertz CT molecular complexity index is 560. The number of methoxy groups -OCH3 is 1. The summed E-state index contributed by atoms with van der Waals surface area (Å²) in [5.41, 5.74) is 0.565. The first-order chi connectivity index (χ1) is 9.82. The smallest absolute Gasteiger partial charge is 0.239 e. The molecule has 0 radical (unpaired) electrons. The van der Waals surface area contributed by atoms with Crippen LogP contribution in [-0.2, 0) is 19.6 Å². The van der Waals surface area contributed by atoms with E-state index in [4.69, 9.17) is 16.3 Å². The van der Waals surface area contributed by atoms with Gasteiger partial charge in [0.05, 0.1) is 12.8 Å². The summed E-state index contributed by atoms with van der Waals surface area (Å²) >= 11 is 5.75. The van der Waals surface area contributed by atoms with E-state index >= 15 is 0 Å². The van der Waals surface area contributed by atoms with E-state index < -0.39 is 15.9 Å². The SMILES string of the molecule is COCCCN(CC(=O)Nc1ccc(Cl)cc1)S(C)(=O)=O. The van der Waals surface area contributed by atoms with Gasteiger partial charge in [0.1, 0.15) is 0 Å². The standard InChI is InChI=1S/C13H19ClN2O4S/c1-20-9-3-8-16(21(2,18)19)10-13(17)15-12-6-4-11(14)5-7-12/h4-7H,3,8-10H2,1-2H3,(H,15,17). The number of carbonyl (C=O) groups excluding carboxylic acids is 1. The summed E-state index contributed by atoms with van der Waals surface area (Å²) in [5.74, 6) is -0.403. The van der Waals surface area contributed by atoms with E-state index in [0.29, 0.717) is 23.7 Å². The number of carbonyl (C=O) groups is 1. The van der Waals surface area contributed by atoms with Crippen molar-refractivity contribution >= 4 is 33.2 Å². The lowest BCUT2D eigenvalue weighted by molar-refractivity contribution is -0.116. The van der Waals surface area contributed by atoms with Crippen molar-refractivity contribution in [2.24, 2.45) is 0 Å². The number of halogens is 1. The van der Waals surface area contributed by atoms with Gasteiger partial charge in [0, 0.05) is 31.0 Å². The zero-order chi connectivity index (χ0) is 15.9. The molecule has 0 unspecified atom stereocenters. The minimum Gasteiger partial charge on any atom is -0.385 e. The van der Waals surface area contributed by atoms with Crippen LogP contribution in [0.1, 0.15) is 6.42 Å². The lowest BCUT2D eigenvalue weighted by atomic mass is 10.3. The highest BCUT2D eigenvalue weighted by Crippen LogP contribution is 2.13.